The predicted octanol–water partition coefficient (Wildman–Crippen LogP) is 3.40. The number of thioether (sulfide) groups is 1. The van der Waals surface area contributed by atoms with Crippen LogP contribution in [0.25, 0.3) is 0 Å². The van der Waals surface area contributed by atoms with Crippen molar-refractivity contribution in [1.82, 2.24) is 5.32 Å². The number of nitriles is 1. The number of aliphatic imine (C=N–C) groups is 1. The molecule has 0 unspecified atom stereocenters. The molecule has 100 valence electrons. The molecule has 8 heteroatoms. The van der Waals surface area contributed by atoms with Gasteiger partial charge in [0.15, 0.2) is 11.4 Å². The first-order valence-corrected chi connectivity index (χ1v) is 7.16. The lowest BCUT2D eigenvalue weighted by atomic mass is 10.1. The van der Waals surface area contributed by atoms with Gasteiger partial charge >= 0.3 is 0 Å². The molecule has 0 saturated heterocycles. The van der Waals surface area contributed by atoms with E-state index >= 15 is 0 Å². The summed E-state index contributed by atoms with van der Waals surface area (Å²) in [5, 5.41) is 22.4. The third kappa shape index (κ3) is 3.45. The Morgan fingerprint density at radius 3 is 2.68 bits per heavy atom. The maximum atomic E-state index is 10.9. The van der Waals surface area contributed by atoms with E-state index in [1.54, 1.807) is 26.3 Å². The smallest absolute Gasteiger partial charge is 0.271 e. The Labute approximate surface area is 123 Å². The number of benzene rings is 1. The second kappa shape index (κ2) is 6.54. The minimum Gasteiger partial charge on any atom is -0.271 e. The molecule has 1 aromatic carbocycles. The van der Waals surface area contributed by atoms with Crippen molar-refractivity contribution in [2.75, 3.05) is 6.26 Å². The SMILES string of the molecule is CSC(=Nc1c(Br)cc([N+](=O)[O-])c(C)c1C)NC#N. The lowest BCUT2D eigenvalue weighted by Crippen LogP contribution is -2.12. The van der Waals surface area contributed by atoms with Crippen molar-refractivity contribution in [3.8, 4) is 6.19 Å². The van der Waals surface area contributed by atoms with Crippen molar-refractivity contribution in [2.45, 2.75) is 13.8 Å². The number of nitrogens with one attached hydrogen (secondary N) is 1. The Kier molecular flexibility index (Phi) is 5.32. The van der Waals surface area contributed by atoms with Crippen LogP contribution in [0.3, 0.4) is 0 Å². The van der Waals surface area contributed by atoms with Crippen LogP contribution < -0.4 is 5.32 Å². The van der Waals surface area contributed by atoms with E-state index in [1.807, 2.05) is 0 Å². The van der Waals surface area contributed by atoms with E-state index in [4.69, 9.17) is 5.26 Å². The average Bonchev–Trinajstić information content (AvgIpc) is 2.37. The van der Waals surface area contributed by atoms with Gasteiger partial charge in [0.1, 0.15) is 0 Å². The maximum absolute atomic E-state index is 10.9. The maximum Gasteiger partial charge on any atom is 0.273 e. The highest BCUT2D eigenvalue weighted by Gasteiger charge is 2.18. The summed E-state index contributed by atoms with van der Waals surface area (Å²) in [4.78, 5) is 14.8. The van der Waals surface area contributed by atoms with Crippen molar-refractivity contribution in [3.05, 3.63) is 31.8 Å². The van der Waals surface area contributed by atoms with E-state index in [0.717, 1.165) is 0 Å². The van der Waals surface area contributed by atoms with E-state index in [-0.39, 0.29) is 5.69 Å². The molecule has 0 aliphatic heterocycles. The van der Waals surface area contributed by atoms with Crippen LogP contribution >= 0.6 is 27.7 Å². The highest BCUT2D eigenvalue weighted by molar-refractivity contribution is 9.10. The summed E-state index contributed by atoms with van der Waals surface area (Å²) < 4.78 is 0.522. The van der Waals surface area contributed by atoms with Crippen LogP contribution in [0.4, 0.5) is 11.4 Å². The van der Waals surface area contributed by atoms with Gasteiger partial charge in [-0.3, -0.25) is 15.4 Å². The first kappa shape index (κ1) is 15.5. The fourth-order valence-electron chi connectivity index (χ4n) is 1.45. The number of nitro groups is 1. The molecule has 6 nitrogen and oxygen atoms in total. The van der Waals surface area contributed by atoms with Crippen molar-refractivity contribution >= 4 is 44.2 Å². The first-order valence-electron chi connectivity index (χ1n) is 5.14. The van der Waals surface area contributed by atoms with Crippen LogP contribution in [0.2, 0.25) is 0 Å². The van der Waals surface area contributed by atoms with Crippen molar-refractivity contribution in [2.24, 2.45) is 4.99 Å². The van der Waals surface area contributed by atoms with Gasteiger partial charge in [0, 0.05) is 11.6 Å². The zero-order chi connectivity index (χ0) is 14.6. The molecular formula is C11H11BrN4O2S. The lowest BCUT2D eigenvalue weighted by Gasteiger charge is -2.09. The molecule has 0 heterocycles. The van der Waals surface area contributed by atoms with E-state index in [9.17, 15) is 10.1 Å². The molecule has 1 aromatic rings. The number of amidine groups is 1. The zero-order valence-corrected chi connectivity index (χ0v) is 12.9. The normalized spacial score (nSPS) is 11.0. The molecule has 0 amide bonds. The topological polar surface area (TPSA) is 91.3 Å². The summed E-state index contributed by atoms with van der Waals surface area (Å²) in [7, 11) is 0. The van der Waals surface area contributed by atoms with E-state index < -0.39 is 4.92 Å². The van der Waals surface area contributed by atoms with E-state index in [2.05, 4.69) is 26.2 Å². The largest absolute Gasteiger partial charge is 0.273 e. The molecule has 0 atom stereocenters. The molecular weight excluding hydrogens is 332 g/mol. The van der Waals surface area contributed by atoms with Crippen molar-refractivity contribution < 1.29 is 4.92 Å². The van der Waals surface area contributed by atoms with Crippen LogP contribution in [0.1, 0.15) is 11.1 Å². The summed E-state index contributed by atoms with van der Waals surface area (Å²) >= 11 is 4.56. The first-order chi connectivity index (χ1) is 8.92. The van der Waals surface area contributed by atoms with Crippen LogP contribution in [0.15, 0.2) is 15.5 Å². The molecule has 1 rings (SSSR count). The van der Waals surface area contributed by atoms with E-state index in [0.29, 0.717) is 26.5 Å². The summed E-state index contributed by atoms with van der Waals surface area (Å²) in [6.45, 7) is 3.44. The molecule has 1 N–H and O–H groups in total. The minimum atomic E-state index is -0.427. The quantitative estimate of drug-likeness (QED) is 0.222. The molecule has 0 bridgehead atoms. The Balaban J connectivity index is 3.43. The number of nitrogens with zero attached hydrogens (tertiary/aromatic N) is 3. The van der Waals surface area contributed by atoms with Gasteiger partial charge in [0.25, 0.3) is 5.69 Å². The number of rotatable bonds is 2. The summed E-state index contributed by atoms with van der Waals surface area (Å²) in [5.41, 5.74) is 1.88. The van der Waals surface area contributed by atoms with Gasteiger partial charge < -0.3 is 0 Å². The van der Waals surface area contributed by atoms with Gasteiger partial charge in [0.05, 0.1) is 15.1 Å². The van der Waals surface area contributed by atoms with Gasteiger partial charge in [0.2, 0.25) is 0 Å². The predicted molar refractivity (Wildman–Crippen MR) is 79.6 cm³/mol. The molecule has 0 aliphatic rings. The van der Waals surface area contributed by atoms with Crippen molar-refractivity contribution in [3.63, 3.8) is 0 Å². The lowest BCUT2D eigenvalue weighted by molar-refractivity contribution is -0.385. The Morgan fingerprint density at radius 1 is 1.58 bits per heavy atom. The van der Waals surface area contributed by atoms with Gasteiger partial charge in [-0.25, -0.2) is 4.99 Å². The Hall–Kier alpha value is -1.59. The molecule has 19 heavy (non-hydrogen) atoms. The van der Waals surface area contributed by atoms with Crippen LogP contribution in [0, 0.1) is 35.4 Å². The van der Waals surface area contributed by atoms with Gasteiger partial charge in [-0.1, -0.05) is 11.8 Å². The molecule has 0 aromatic heterocycles. The highest BCUT2D eigenvalue weighted by atomic mass is 79.9. The van der Waals surface area contributed by atoms with Crippen molar-refractivity contribution in [1.29, 1.82) is 5.26 Å². The molecule has 0 saturated carbocycles. The second-order valence-corrected chi connectivity index (χ2v) is 5.24. The third-order valence-electron chi connectivity index (χ3n) is 2.56. The summed E-state index contributed by atoms with van der Waals surface area (Å²) in [6.07, 6.45) is 3.58. The molecule has 0 spiro atoms. The summed E-state index contributed by atoms with van der Waals surface area (Å²) in [5.74, 6) is 0. The fourth-order valence-corrected chi connectivity index (χ4v) is 2.38. The molecule has 0 radical (unpaired) electrons. The molecule has 0 fully saturated rings. The number of halogens is 1. The standard InChI is InChI=1S/C11H11BrN4O2S/c1-6-7(2)10(15-11(19-3)14-5-13)8(12)4-9(6)16(17)18/h4H,1-3H3,(H,14,15). The van der Waals surface area contributed by atoms with Crippen LogP contribution in [-0.4, -0.2) is 16.3 Å². The highest BCUT2D eigenvalue weighted by Crippen LogP contribution is 2.37. The minimum absolute atomic E-state index is 0.0438. The summed E-state index contributed by atoms with van der Waals surface area (Å²) in [6, 6.07) is 1.42. The van der Waals surface area contributed by atoms with Gasteiger partial charge in [-0.2, -0.15) is 5.26 Å². The fraction of sp³-hybridized carbons (Fsp3) is 0.273. The zero-order valence-electron chi connectivity index (χ0n) is 10.5. The van der Waals surface area contributed by atoms with E-state index in [1.165, 1.54) is 17.8 Å². The Bertz CT molecular complexity index is 595. The number of hydrogen-bond acceptors (Lipinski definition) is 5. The monoisotopic (exact) mass is 342 g/mol. The van der Waals surface area contributed by atoms with Gasteiger partial charge in [-0.15, -0.1) is 0 Å². The van der Waals surface area contributed by atoms with Gasteiger partial charge in [-0.05, 0) is 41.6 Å². The Morgan fingerprint density at radius 2 is 2.21 bits per heavy atom. The number of nitro benzene ring substituents is 1. The van der Waals surface area contributed by atoms with Crippen LogP contribution in [0.5, 0.6) is 0 Å². The van der Waals surface area contributed by atoms with Crippen LogP contribution in [-0.2, 0) is 0 Å². The third-order valence-corrected chi connectivity index (χ3v) is 3.74. The average molecular weight is 343 g/mol. The molecule has 0 aliphatic carbocycles. The number of hydrogen-bond donors (Lipinski definition) is 1. The second-order valence-electron chi connectivity index (χ2n) is 3.59.